The van der Waals surface area contributed by atoms with Crippen molar-refractivity contribution in [3.8, 4) is 0 Å². The van der Waals surface area contributed by atoms with Crippen LogP contribution in [0.1, 0.15) is 37.7 Å². The summed E-state index contributed by atoms with van der Waals surface area (Å²) in [5, 5.41) is 8.95. The zero-order valence-electron chi connectivity index (χ0n) is 12.1. The van der Waals surface area contributed by atoms with Crippen LogP contribution in [-0.4, -0.2) is 35.0 Å². The second-order valence-corrected chi connectivity index (χ2v) is 6.68. The van der Waals surface area contributed by atoms with E-state index in [2.05, 4.69) is 15.9 Å². The Labute approximate surface area is 133 Å². The number of hydrogen-bond acceptors (Lipinski definition) is 2. The monoisotopic (exact) mass is 353 g/mol. The molecule has 4 nitrogen and oxygen atoms in total. The first kappa shape index (κ1) is 16.0. The largest absolute Gasteiger partial charge is 0.480 e. The molecule has 1 N–H and O–H groups in total. The lowest BCUT2D eigenvalue weighted by Crippen LogP contribution is -2.37. The lowest BCUT2D eigenvalue weighted by Gasteiger charge is -2.22. The average Bonchev–Trinajstić information content (AvgIpc) is 3.22. The van der Waals surface area contributed by atoms with E-state index < -0.39 is 5.97 Å². The van der Waals surface area contributed by atoms with Crippen LogP contribution in [0.3, 0.4) is 0 Å². The van der Waals surface area contributed by atoms with Crippen molar-refractivity contribution in [1.29, 1.82) is 0 Å². The lowest BCUT2D eigenvalue weighted by molar-refractivity contribution is -0.144. The Bertz CT molecular complexity index is 511. The molecule has 1 amide bonds. The van der Waals surface area contributed by atoms with Gasteiger partial charge < -0.3 is 10.0 Å². The minimum Gasteiger partial charge on any atom is -0.480 e. The number of carboxylic acid groups (broad SMARTS) is 1. The molecule has 1 aromatic rings. The highest BCUT2D eigenvalue weighted by Gasteiger charge is 2.28. The van der Waals surface area contributed by atoms with Crippen molar-refractivity contribution in [3.05, 3.63) is 34.3 Å². The summed E-state index contributed by atoms with van der Waals surface area (Å²) in [6, 6.07) is 7.89. The van der Waals surface area contributed by atoms with Gasteiger partial charge in [-0.2, -0.15) is 0 Å². The number of halogens is 1. The molecule has 1 aliphatic rings. The molecular weight excluding hydrogens is 334 g/mol. The molecule has 1 atom stereocenters. The standard InChI is InChI=1S/C16H20BrNO3/c1-11(13-4-6-14(17)7-5-13)8-15(19)18(10-16(20)21)9-12-2-3-12/h4-7,11-12H,2-3,8-10H2,1H3,(H,20,21). The number of rotatable bonds is 7. The van der Waals surface area contributed by atoms with Gasteiger partial charge in [-0.1, -0.05) is 35.0 Å². The molecule has 0 aliphatic heterocycles. The van der Waals surface area contributed by atoms with Crippen LogP contribution >= 0.6 is 15.9 Å². The first-order chi connectivity index (χ1) is 9.95. The molecule has 2 rings (SSSR count). The van der Waals surface area contributed by atoms with Gasteiger partial charge in [0.15, 0.2) is 0 Å². The predicted molar refractivity (Wildman–Crippen MR) is 84.1 cm³/mol. The van der Waals surface area contributed by atoms with Crippen molar-refractivity contribution < 1.29 is 14.7 Å². The first-order valence-corrected chi connectivity index (χ1v) is 8.00. The van der Waals surface area contributed by atoms with E-state index >= 15 is 0 Å². The van der Waals surface area contributed by atoms with E-state index in [0.29, 0.717) is 18.9 Å². The minimum atomic E-state index is -0.944. The average molecular weight is 354 g/mol. The number of benzene rings is 1. The second kappa shape index (κ2) is 7.07. The summed E-state index contributed by atoms with van der Waals surface area (Å²) in [4.78, 5) is 24.8. The highest BCUT2D eigenvalue weighted by Crippen LogP contribution is 2.30. The smallest absolute Gasteiger partial charge is 0.323 e. The topological polar surface area (TPSA) is 57.6 Å². The van der Waals surface area contributed by atoms with Crippen molar-refractivity contribution >= 4 is 27.8 Å². The Morgan fingerprint density at radius 1 is 1.33 bits per heavy atom. The number of aliphatic carboxylic acids is 1. The second-order valence-electron chi connectivity index (χ2n) is 5.77. The van der Waals surface area contributed by atoms with E-state index in [4.69, 9.17) is 5.11 Å². The number of carboxylic acids is 1. The Morgan fingerprint density at radius 3 is 2.48 bits per heavy atom. The van der Waals surface area contributed by atoms with Crippen LogP contribution in [0.5, 0.6) is 0 Å². The summed E-state index contributed by atoms with van der Waals surface area (Å²) in [5.74, 6) is -0.433. The van der Waals surface area contributed by atoms with E-state index in [0.717, 1.165) is 22.9 Å². The third-order valence-corrected chi connectivity index (χ3v) is 4.30. The normalized spacial score (nSPS) is 15.5. The summed E-state index contributed by atoms with van der Waals surface area (Å²) in [5.41, 5.74) is 1.09. The number of carbonyl (C=O) groups excluding carboxylic acids is 1. The molecule has 114 valence electrons. The molecule has 1 unspecified atom stereocenters. The molecular formula is C16H20BrNO3. The Hall–Kier alpha value is -1.36. The third-order valence-electron chi connectivity index (χ3n) is 3.77. The maximum absolute atomic E-state index is 12.3. The van der Waals surface area contributed by atoms with Gasteiger partial charge in [-0.05, 0) is 42.4 Å². The van der Waals surface area contributed by atoms with Crippen molar-refractivity contribution in [3.63, 3.8) is 0 Å². The van der Waals surface area contributed by atoms with Gasteiger partial charge in [0, 0.05) is 17.4 Å². The zero-order valence-corrected chi connectivity index (χ0v) is 13.7. The third kappa shape index (κ3) is 5.16. The van der Waals surface area contributed by atoms with Crippen LogP contribution < -0.4 is 0 Å². The quantitative estimate of drug-likeness (QED) is 0.818. The van der Waals surface area contributed by atoms with E-state index in [9.17, 15) is 9.59 Å². The Morgan fingerprint density at radius 2 is 1.95 bits per heavy atom. The molecule has 1 aliphatic carbocycles. The van der Waals surface area contributed by atoms with Crippen LogP contribution in [0.2, 0.25) is 0 Å². The molecule has 1 saturated carbocycles. The maximum Gasteiger partial charge on any atom is 0.323 e. The molecule has 0 radical (unpaired) electrons. The van der Waals surface area contributed by atoms with Crippen LogP contribution in [0.15, 0.2) is 28.7 Å². The van der Waals surface area contributed by atoms with Gasteiger partial charge in [-0.25, -0.2) is 0 Å². The molecule has 0 bridgehead atoms. The summed E-state index contributed by atoms with van der Waals surface area (Å²) in [7, 11) is 0. The van der Waals surface area contributed by atoms with E-state index in [1.54, 1.807) is 0 Å². The van der Waals surface area contributed by atoms with Crippen LogP contribution in [0, 0.1) is 5.92 Å². The van der Waals surface area contributed by atoms with Crippen molar-refractivity contribution in [2.45, 2.75) is 32.1 Å². The highest BCUT2D eigenvalue weighted by atomic mass is 79.9. The van der Waals surface area contributed by atoms with Gasteiger partial charge in [-0.3, -0.25) is 9.59 Å². The summed E-state index contributed by atoms with van der Waals surface area (Å²) in [6.45, 7) is 2.39. The van der Waals surface area contributed by atoms with Gasteiger partial charge in [0.1, 0.15) is 6.54 Å². The van der Waals surface area contributed by atoms with Crippen LogP contribution in [0.25, 0.3) is 0 Å². The van der Waals surface area contributed by atoms with E-state index in [1.807, 2.05) is 31.2 Å². The minimum absolute atomic E-state index is 0.0697. The van der Waals surface area contributed by atoms with Crippen molar-refractivity contribution in [1.82, 2.24) is 4.90 Å². The Balaban J connectivity index is 1.95. The van der Waals surface area contributed by atoms with Crippen LogP contribution in [0.4, 0.5) is 0 Å². The molecule has 0 heterocycles. The van der Waals surface area contributed by atoms with Crippen LogP contribution in [-0.2, 0) is 9.59 Å². The molecule has 0 saturated heterocycles. The van der Waals surface area contributed by atoms with Crippen molar-refractivity contribution in [2.24, 2.45) is 5.92 Å². The molecule has 5 heteroatoms. The molecule has 21 heavy (non-hydrogen) atoms. The van der Waals surface area contributed by atoms with Gasteiger partial charge in [-0.15, -0.1) is 0 Å². The molecule has 0 aromatic heterocycles. The first-order valence-electron chi connectivity index (χ1n) is 7.20. The molecule has 1 aromatic carbocycles. The van der Waals surface area contributed by atoms with Gasteiger partial charge in [0.25, 0.3) is 0 Å². The number of hydrogen-bond donors (Lipinski definition) is 1. The summed E-state index contributed by atoms with van der Waals surface area (Å²) >= 11 is 3.39. The molecule has 1 fully saturated rings. The van der Waals surface area contributed by atoms with Gasteiger partial charge in [0.05, 0.1) is 0 Å². The fourth-order valence-corrected chi connectivity index (χ4v) is 2.59. The maximum atomic E-state index is 12.3. The lowest BCUT2D eigenvalue weighted by atomic mass is 9.97. The predicted octanol–water partition coefficient (Wildman–Crippen LogP) is 3.27. The number of carbonyl (C=O) groups is 2. The van der Waals surface area contributed by atoms with E-state index in [1.165, 1.54) is 4.90 Å². The SMILES string of the molecule is CC(CC(=O)N(CC(=O)O)CC1CC1)c1ccc(Br)cc1. The molecule has 0 spiro atoms. The zero-order chi connectivity index (χ0) is 15.4. The number of amides is 1. The van der Waals surface area contributed by atoms with Gasteiger partial charge >= 0.3 is 5.97 Å². The van der Waals surface area contributed by atoms with Gasteiger partial charge in [0.2, 0.25) is 5.91 Å². The number of nitrogens with zero attached hydrogens (tertiary/aromatic N) is 1. The Kier molecular flexibility index (Phi) is 5.39. The summed E-state index contributed by atoms with van der Waals surface area (Å²) in [6.07, 6.45) is 2.55. The van der Waals surface area contributed by atoms with Crippen molar-refractivity contribution in [2.75, 3.05) is 13.1 Å². The van der Waals surface area contributed by atoms with E-state index in [-0.39, 0.29) is 18.4 Å². The summed E-state index contributed by atoms with van der Waals surface area (Å²) < 4.78 is 1.01. The highest BCUT2D eigenvalue weighted by molar-refractivity contribution is 9.10. The fourth-order valence-electron chi connectivity index (χ4n) is 2.33. The fraction of sp³-hybridized carbons (Fsp3) is 0.500.